The number of hydrogen-bond acceptors (Lipinski definition) is 6. The Morgan fingerprint density at radius 3 is 2.62 bits per heavy atom. The summed E-state index contributed by atoms with van der Waals surface area (Å²) >= 11 is 0. The molecule has 1 N–H and O–H groups in total. The molecule has 0 radical (unpaired) electrons. The Hall–Kier alpha value is -3.49. The van der Waals surface area contributed by atoms with E-state index in [0.29, 0.717) is 37.9 Å². The molecule has 1 saturated carbocycles. The number of nitrogens with zero attached hydrogens (tertiary/aromatic N) is 4. The number of carbonyl (C=O) groups is 4. The molecule has 9 heteroatoms. The molecule has 1 aromatic heterocycles. The van der Waals surface area contributed by atoms with Crippen molar-refractivity contribution >= 4 is 40.0 Å². The summed E-state index contributed by atoms with van der Waals surface area (Å²) in [6, 6.07) is 3.66. The number of allylic oxidation sites excluding steroid dienone is 2. The van der Waals surface area contributed by atoms with E-state index in [-0.39, 0.29) is 47.4 Å². The van der Waals surface area contributed by atoms with Crippen LogP contribution >= 0.6 is 0 Å². The molecule has 1 aliphatic carbocycles. The van der Waals surface area contributed by atoms with Gasteiger partial charge in [0.15, 0.2) is 11.6 Å². The molecule has 1 saturated heterocycles. The number of aromatic nitrogens is 2. The van der Waals surface area contributed by atoms with Crippen molar-refractivity contribution in [2.45, 2.75) is 97.3 Å². The lowest BCUT2D eigenvalue weighted by molar-refractivity contribution is -0.139. The molecule has 0 unspecified atom stereocenters. The minimum atomic E-state index is -0.489. The van der Waals surface area contributed by atoms with Crippen LogP contribution in [0.2, 0.25) is 0 Å². The van der Waals surface area contributed by atoms with Crippen LogP contribution < -0.4 is 5.32 Å². The van der Waals surface area contributed by atoms with E-state index < -0.39 is 6.04 Å². The lowest BCUT2D eigenvalue weighted by Gasteiger charge is -2.26. The van der Waals surface area contributed by atoms with E-state index >= 15 is 0 Å². The van der Waals surface area contributed by atoms with Crippen molar-refractivity contribution in [1.82, 2.24) is 19.6 Å². The Labute approximate surface area is 235 Å². The Balaban J connectivity index is 1.60. The maximum Gasteiger partial charge on any atom is 0.245 e. The number of piperidine rings is 1. The van der Waals surface area contributed by atoms with Gasteiger partial charge in [0.1, 0.15) is 12.2 Å². The smallest absolute Gasteiger partial charge is 0.245 e. The van der Waals surface area contributed by atoms with Gasteiger partial charge in [0.2, 0.25) is 11.8 Å². The first-order chi connectivity index (χ1) is 19.0. The van der Waals surface area contributed by atoms with Crippen molar-refractivity contribution in [3.63, 3.8) is 0 Å². The fraction of sp³-hybridized carbons (Fsp3) is 0.581. The Morgan fingerprint density at radius 2 is 1.93 bits per heavy atom. The molecule has 3 heterocycles. The Kier molecular flexibility index (Phi) is 7.59. The number of rotatable bonds is 5. The molecule has 2 amide bonds. The topological polar surface area (TPSA) is 105 Å². The van der Waals surface area contributed by atoms with E-state index in [1.54, 1.807) is 14.5 Å². The molecule has 40 heavy (non-hydrogen) atoms. The summed E-state index contributed by atoms with van der Waals surface area (Å²) in [5.74, 6) is -0.171. The van der Waals surface area contributed by atoms with Crippen LogP contribution in [0.25, 0.3) is 10.9 Å². The molecule has 9 nitrogen and oxygen atoms in total. The lowest BCUT2D eigenvalue weighted by Crippen LogP contribution is -2.44. The van der Waals surface area contributed by atoms with Crippen LogP contribution in [0.5, 0.6) is 0 Å². The van der Waals surface area contributed by atoms with Crippen LogP contribution in [-0.2, 0) is 27.3 Å². The first-order valence-electron chi connectivity index (χ1n) is 14.6. The van der Waals surface area contributed by atoms with E-state index in [9.17, 15) is 19.2 Å². The minimum absolute atomic E-state index is 0.0493. The summed E-state index contributed by atoms with van der Waals surface area (Å²) in [6.07, 6.45) is 8.53. The van der Waals surface area contributed by atoms with E-state index in [1.807, 2.05) is 20.0 Å². The van der Waals surface area contributed by atoms with E-state index in [0.717, 1.165) is 41.4 Å². The summed E-state index contributed by atoms with van der Waals surface area (Å²) in [5.41, 5.74) is 2.75. The van der Waals surface area contributed by atoms with Crippen LogP contribution in [0.15, 0.2) is 24.3 Å². The summed E-state index contributed by atoms with van der Waals surface area (Å²) in [6.45, 7) is 7.96. The van der Waals surface area contributed by atoms with Gasteiger partial charge in [0.05, 0.1) is 11.6 Å². The second-order valence-corrected chi connectivity index (χ2v) is 12.1. The monoisotopic (exact) mass is 547 g/mol. The average Bonchev–Trinajstić information content (AvgIpc) is 3.29. The molecule has 3 atom stereocenters. The zero-order valence-corrected chi connectivity index (χ0v) is 24.3. The number of nitrogens with one attached hydrogen (secondary N) is 1. The molecule has 2 aliphatic heterocycles. The van der Waals surface area contributed by atoms with E-state index in [2.05, 4.69) is 42.5 Å². The van der Waals surface area contributed by atoms with Crippen LogP contribution in [-0.4, -0.2) is 74.7 Å². The van der Waals surface area contributed by atoms with Gasteiger partial charge in [-0.1, -0.05) is 19.1 Å². The second kappa shape index (κ2) is 10.8. The molecule has 2 fully saturated rings. The average molecular weight is 548 g/mol. The zero-order valence-electron chi connectivity index (χ0n) is 24.3. The fourth-order valence-electron chi connectivity index (χ4n) is 6.74. The van der Waals surface area contributed by atoms with Crippen molar-refractivity contribution in [2.75, 3.05) is 18.9 Å². The number of carbonyl (C=O) groups excluding carboxylic acids is 4. The van der Waals surface area contributed by atoms with Gasteiger partial charge in [-0.25, -0.2) is 0 Å². The number of anilines is 1. The van der Waals surface area contributed by atoms with Crippen LogP contribution in [0.4, 0.5) is 5.69 Å². The summed E-state index contributed by atoms with van der Waals surface area (Å²) in [7, 11) is 1.83. The Morgan fingerprint density at radius 1 is 1.15 bits per heavy atom. The Bertz CT molecular complexity index is 1390. The lowest BCUT2D eigenvalue weighted by atomic mass is 9.95. The molecule has 2 bridgehead atoms. The largest absolute Gasteiger partial charge is 0.383 e. The van der Waals surface area contributed by atoms with E-state index in [4.69, 9.17) is 0 Å². The maximum atomic E-state index is 14.0. The molecular weight excluding hydrogens is 506 g/mol. The number of benzene rings is 1. The number of ketones is 2. The van der Waals surface area contributed by atoms with Gasteiger partial charge < -0.3 is 15.1 Å². The fourth-order valence-corrected chi connectivity index (χ4v) is 6.74. The highest BCUT2D eigenvalue weighted by Crippen LogP contribution is 2.60. The highest BCUT2D eigenvalue weighted by Gasteiger charge is 2.67. The predicted molar refractivity (Wildman–Crippen MR) is 154 cm³/mol. The van der Waals surface area contributed by atoms with Crippen molar-refractivity contribution in [3.8, 4) is 0 Å². The molecule has 0 spiro atoms. The predicted octanol–water partition coefficient (Wildman–Crippen LogP) is 4.14. The molecule has 5 rings (SSSR count). The second-order valence-electron chi connectivity index (χ2n) is 12.1. The summed E-state index contributed by atoms with van der Waals surface area (Å²) < 4.78 is 1.67. The highest BCUT2D eigenvalue weighted by molar-refractivity contribution is 6.07. The summed E-state index contributed by atoms with van der Waals surface area (Å²) in [4.78, 5) is 56.2. The molecule has 214 valence electrons. The standard InChI is InChI=1S/C31H41N5O4/c1-6-25(38)24-15-31-16-26(31)36(24)28(40)17-35-30-21(11-9-7-8-10-12-27(39)34(5)18-31)13-22(32-19(2)3)14-23(30)29(33-35)20(4)37/h7,9,13-14,19,24,26,32H,6,8,10-12,15-18H2,1-5H3/b9-7+/t24-,26+,31-/m0/s1. The summed E-state index contributed by atoms with van der Waals surface area (Å²) in [5, 5.41) is 8.84. The maximum absolute atomic E-state index is 14.0. The molecule has 1 aromatic carbocycles. The van der Waals surface area contributed by atoms with Gasteiger partial charge in [-0.05, 0) is 63.6 Å². The van der Waals surface area contributed by atoms with Gasteiger partial charge in [-0.2, -0.15) is 5.10 Å². The number of Topliss-reactive ketones (excluding diaryl/α,β-unsaturated/α-hetero) is 2. The highest BCUT2D eigenvalue weighted by atomic mass is 16.2. The van der Waals surface area contributed by atoms with Gasteiger partial charge >= 0.3 is 0 Å². The molecule has 3 aliphatic rings. The van der Waals surface area contributed by atoms with Gasteiger partial charge in [0.25, 0.3) is 0 Å². The quantitative estimate of drug-likeness (QED) is 0.446. The van der Waals surface area contributed by atoms with Crippen LogP contribution in [0.3, 0.4) is 0 Å². The third-order valence-corrected chi connectivity index (χ3v) is 8.67. The van der Waals surface area contributed by atoms with Crippen molar-refractivity contribution in [1.29, 1.82) is 0 Å². The minimum Gasteiger partial charge on any atom is -0.383 e. The van der Waals surface area contributed by atoms with Gasteiger partial charge in [0, 0.05) is 61.9 Å². The van der Waals surface area contributed by atoms with Crippen molar-refractivity contribution < 1.29 is 19.2 Å². The number of amides is 2. The zero-order chi connectivity index (χ0) is 28.8. The van der Waals surface area contributed by atoms with Crippen LogP contribution in [0.1, 0.15) is 82.3 Å². The number of hydrogen-bond donors (Lipinski definition) is 1. The third kappa shape index (κ3) is 5.18. The van der Waals surface area contributed by atoms with Crippen LogP contribution in [0, 0.1) is 5.41 Å². The first kappa shape index (κ1) is 28.1. The van der Waals surface area contributed by atoms with Crippen molar-refractivity contribution in [3.05, 3.63) is 35.5 Å². The molecular formula is C31H41N5O4. The van der Waals surface area contributed by atoms with E-state index in [1.165, 1.54) is 6.92 Å². The molecule has 2 aromatic rings. The van der Waals surface area contributed by atoms with Crippen molar-refractivity contribution in [2.24, 2.45) is 5.41 Å². The van der Waals surface area contributed by atoms with Gasteiger partial charge in [-0.3, -0.25) is 23.9 Å². The SMILES string of the molecule is CCC(=O)[C@@H]1C[C@@]23C[C@H]2N1C(=O)Cn1nc(C(C)=O)c2cc(NC(C)C)cc(c21)C/C=C/CCCC(=O)N(C)C3. The van der Waals surface area contributed by atoms with Gasteiger partial charge in [-0.15, -0.1) is 0 Å². The first-order valence-corrected chi connectivity index (χ1v) is 14.6. The normalized spacial score (nSPS) is 26.1. The third-order valence-electron chi connectivity index (χ3n) is 8.67.